The summed E-state index contributed by atoms with van der Waals surface area (Å²) in [7, 11) is -3.36. The average Bonchev–Trinajstić information content (AvgIpc) is 2.37. The second-order valence-corrected chi connectivity index (χ2v) is 7.06. The molecular formula is C14H26ClO3P. The normalized spacial score (nSPS) is 11.4. The lowest BCUT2D eigenvalue weighted by Gasteiger charge is -2.20. The highest BCUT2D eigenvalue weighted by Crippen LogP contribution is 2.59. The van der Waals surface area contributed by atoms with Gasteiger partial charge in [-0.15, -0.1) is 0 Å². The lowest BCUT2D eigenvalue weighted by molar-refractivity contribution is 0.206. The van der Waals surface area contributed by atoms with Crippen LogP contribution in [-0.4, -0.2) is 13.2 Å². The van der Waals surface area contributed by atoms with Crippen molar-refractivity contribution in [2.45, 2.75) is 53.4 Å². The summed E-state index contributed by atoms with van der Waals surface area (Å²) in [6.07, 6.45) is 3.61. The molecule has 0 amide bonds. The average molecular weight is 309 g/mol. The van der Waals surface area contributed by atoms with Gasteiger partial charge in [0.15, 0.2) is 0 Å². The fraction of sp³-hybridized carbons (Fsp3) is 0.714. The van der Waals surface area contributed by atoms with Crippen LogP contribution in [0.25, 0.3) is 0 Å². The molecule has 19 heavy (non-hydrogen) atoms. The van der Waals surface area contributed by atoms with Crippen LogP contribution in [0.1, 0.15) is 53.4 Å². The minimum Gasteiger partial charge on any atom is -0.305 e. The predicted octanol–water partition coefficient (Wildman–Crippen LogP) is 5.86. The molecule has 5 heteroatoms. The first-order chi connectivity index (χ1) is 8.89. The summed E-state index contributed by atoms with van der Waals surface area (Å²) in [5.41, 5.74) is 0.852. The van der Waals surface area contributed by atoms with Gasteiger partial charge < -0.3 is 9.05 Å². The fourth-order valence-electron chi connectivity index (χ4n) is 1.26. The number of rotatable bonds is 10. The molecule has 112 valence electrons. The van der Waals surface area contributed by atoms with Crippen LogP contribution in [0.2, 0.25) is 0 Å². The molecule has 0 saturated heterocycles. The molecular weight excluding hydrogens is 283 g/mol. The Hall–Kier alpha value is -0.0800. The van der Waals surface area contributed by atoms with Gasteiger partial charge in [-0.05, 0) is 26.7 Å². The molecule has 0 unspecified atom stereocenters. The van der Waals surface area contributed by atoms with Crippen molar-refractivity contribution >= 4 is 19.2 Å². The van der Waals surface area contributed by atoms with Crippen LogP contribution in [0.3, 0.4) is 0 Å². The number of unbranched alkanes of at least 4 members (excludes halogenated alkanes) is 2. The van der Waals surface area contributed by atoms with E-state index in [0.717, 1.165) is 31.3 Å². The molecule has 0 aliphatic rings. The van der Waals surface area contributed by atoms with Crippen molar-refractivity contribution in [3.63, 3.8) is 0 Å². The minimum absolute atomic E-state index is 0.265. The third-order valence-corrected chi connectivity index (χ3v) is 5.21. The first kappa shape index (κ1) is 18.9. The zero-order chi connectivity index (χ0) is 14.9. The monoisotopic (exact) mass is 308 g/mol. The van der Waals surface area contributed by atoms with Crippen molar-refractivity contribution in [2.75, 3.05) is 13.2 Å². The topological polar surface area (TPSA) is 35.5 Å². The zero-order valence-corrected chi connectivity index (χ0v) is 14.2. The molecule has 0 rings (SSSR count). The van der Waals surface area contributed by atoms with Gasteiger partial charge in [-0.3, -0.25) is 4.57 Å². The van der Waals surface area contributed by atoms with Crippen molar-refractivity contribution in [2.24, 2.45) is 0 Å². The van der Waals surface area contributed by atoms with Gasteiger partial charge in [0.1, 0.15) is 0 Å². The molecule has 0 bridgehead atoms. The number of hydrogen-bond donors (Lipinski definition) is 0. The van der Waals surface area contributed by atoms with Crippen LogP contribution >= 0.6 is 19.2 Å². The van der Waals surface area contributed by atoms with Crippen molar-refractivity contribution < 1.29 is 13.6 Å². The maximum Gasteiger partial charge on any atom is 0.362 e. The summed E-state index contributed by atoms with van der Waals surface area (Å²) in [5, 5.41) is 0.651. The van der Waals surface area contributed by atoms with Crippen LogP contribution in [0.15, 0.2) is 22.5 Å². The summed E-state index contributed by atoms with van der Waals surface area (Å²) in [4.78, 5) is 0. The Kier molecular flexibility index (Phi) is 9.72. The van der Waals surface area contributed by atoms with E-state index in [-0.39, 0.29) is 5.31 Å². The third kappa shape index (κ3) is 6.76. The molecule has 0 aromatic rings. The second kappa shape index (κ2) is 9.77. The molecule has 0 aliphatic carbocycles. The molecule has 0 aliphatic heterocycles. The highest BCUT2D eigenvalue weighted by molar-refractivity contribution is 7.59. The Labute approximate surface area is 122 Å². The third-order valence-electron chi connectivity index (χ3n) is 2.54. The molecule has 0 N–H and O–H groups in total. The molecule has 0 fully saturated rings. The van der Waals surface area contributed by atoms with Crippen molar-refractivity contribution in [1.29, 1.82) is 0 Å². The van der Waals surface area contributed by atoms with Gasteiger partial charge in [0.2, 0.25) is 0 Å². The van der Waals surface area contributed by atoms with E-state index in [4.69, 9.17) is 20.6 Å². The molecule has 0 aromatic carbocycles. The SMILES string of the molecule is C=C(C(Cl)=C(C)C)P(=O)(OCCCC)OCCCC. The van der Waals surface area contributed by atoms with Crippen molar-refractivity contribution in [3.8, 4) is 0 Å². The maximum atomic E-state index is 12.7. The number of hydrogen-bond acceptors (Lipinski definition) is 3. The van der Waals surface area contributed by atoms with Crippen molar-refractivity contribution in [3.05, 3.63) is 22.5 Å². The van der Waals surface area contributed by atoms with Crippen LogP contribution in [-0.2, 0) is 13.6 Å². The first-order valence-electron chi connectivity index (χ1n) is 6.81. The highest BCUT2D eigenvalue weighted by Gasteiger charge is 2.31. The molecule has 0 heterocycles. The Morgan fingerprint density at radius 3 is 1.84 bits per heavy atom. The van der Waals surface area contributed by atoms with Crippen LogP contribution in [0.5, 0.6) is 0 Å². The standard InChI is InChI=1S/C14H26ClO3P/c1-6-8-10-17-19(16,18-11-9-7-2)13(5)14(15)12(3)4/h5-11H2,1-4H3. The molecule has 3 nitrogen and oxygen atoms in total. The zero-order valence-electron chi connectivity index (χ0n) is 12.5. The Morgan fingerprint density at radius 2 is 1.53 bits per heavy atom. The molecule has 0 atom stereocenters. The second-order valence-electron chi connectivity index (χ2n) is 4.63. The smallest absolute Gasteiger partial charge is 0.305 e. The van der Waals surface area contributed by atoms with Gasteiger partial charge in [-0.25, -0.2) is 0 Å². The van der Waals surface area contributed by atoms with Gasteiger partial charge in [0.25, 0.3) is 0 Å². The number of halogens is 1. The van der Waals surface area contributed by atoms with Crippen molar-refractivity contribution in [1.82, 2.24) is 0 Å². The van der Waals surface area contributed by atoms with Crippen LogP contribution < -0.4 is 0 Å². The molecule has 0 saturated carbocycles. The van der Waals surface area contributed by atoms with E-state index in [1.165, 1.54) is 0 Å². The first-order valence-corrected chi connectivity index (χ1v) is 8.73. The van der Waals surface area contributed by atoms with E-state index < -0.39 is 7.60 Å². The van der Waals surface area contributed by atoms with E-state index in [0.29, 0.717) is 18.2 Å². The van der Waals surface area contributed by atoms with E-state index in [1.807, 2.05) is 27.7 Å². The quantitative estimate of drug-likeness (QED) is 0.288. The maximum absolute atomic E-state index is 12.7. The lowest BCUT2D eigenvalue weighted by atomic mass is 10.3. The van der Waals surface area contributed by atoms with E-state index >= 15 is 0 Å². The van der Waals surface area contributed by atoms with Gasteiger partial charge in [0, 0.05) is 0 Å². The predicted molar refractivity (Wildman–Crippen MR) is 82.7 cm³/mol. The van der Waals surface area contributed by atoms with E-state index in [9.17, 15) is 4.57 Å². The molecule has 0 spiro atoms. The summed E-state index contributed by atoms with van der Waals surface area (Å²) >= 11 is 6.12. The van der Waals surface area contributed by atoms with Crippen LogP contribution in [0.4, 0.5) is 0 Å². The molecule has 0 radical (unpaired) electrons. The van der Waals surface area contributed by atoms with E-state index in [2.05, 4.69) is 6.58 Å². The minimum atomic E-state index is -3.36. The van der Waals surface area contributed by atoms with Gasteiger partial charge >= 0.3 is 7.60 Å². The van der Waals surface area contributed by atoms with Gasteiger partial charge in [-0.1, -0.05) is 50.4 Å². The Bertz CT molecular complexity index is 346. The van der Waals surface area contributed by atoms with Crippen LogP contribution in [0, 0.1) is 0 Å². The van der Waals surface area contributed by atoms with Gasteiger partial charge in [0.05, 0.1) is 23.6 Å². The fourth-order valence-corrected chi connectivity index (χ4v) is 3.16. The highest BCUT2D eigenvalue weighted by atomic mass is 35.5. The Balaban J connectivity index is 4.88. The lowest BCUT2D eigenvalue weighted by Crippen LogP contribution is -2.02. The van der Waals surface area contributed by atoms with E-state index in [1.54, 1.807) is 0 Å². The summed E-state index contributed by atoms with van der Waals surface area (Å²) in [6.45, 7) is 12.4. The molecule has 0 aromatic heterocycles. The van der Waals surface area contributed by atoms with Gasteiger partial charge in [-0.2, -0.15) is 0 Å². The summed E-state index contributed by atoms with van der Waals surface area (Å²) in [5.74, 6) is 0. The summed E-state index contributed by atoms with van der Waals surface area (Å²) < 4.78 is 23.7. The number of allylic oxidation sites excluding steroid dienone is 3. The largest absolute Gasteiger partial charge is 0.362 e. The Morgan fingerprint density at radius 1 is 1.11 bits per heavy atom. The summed E-state index contributed by atoms with van der Waals surface area (Å²) in [6, 6.07) is 0.